The lowest BCUT2D eigenvalue weighted by molar-refractivity contribution is -0.174. The number of benzene rings is 1. The fraction of sp³-hybridized carbons (Fsp3) is 0.333. The van der Waals surface area contributed by atoms with Gasteiger partial charge in [-0.15, -0.1) is 0 Å². The second-order valence-corrected chi connectivity index (χ2v) is 10.4. The maximum atomic E-state index is 11.6. The Labute approximate surface area is 127 Å². The van der Waals surface area contributed by atoms with E-state index in [2.05, 4.69) is 0 Å². The van der Waals surface area contributed by atoms with Crippen molar-refractivity contribution in [2.24, 2.45) is 0 Å². The number of hydrogen-bond donors (Lipinski definition) is 2. The molecule has 1 aromatic rings. The number of halogens is 2. The lowest BCUT2D eigenvalue weighted by atomic mass is 9.94. The summed E-state index contributed by atoms with van der Waals surface area (Å²) in [5.74, 6) is -3.28. The van der Waals surface area contributed by atoms with E-state index in [9.17, 15) is 19.8 Å². The summed E-state index contributed by atoms with van der Waals surface area (Å²) in [4.78, 5) is 23.2. The molecule has 1 rings (SSSR count). The van der Waals surface area contributed by atoms with Crippen LogP contribution >= 0.6 is 23.2 Å². The van der Waals surface area contributed by atoms with Crippen LogP contribution in [0.15, 0.2) is 18.2 Å². The van der Waals surface area contributed by atoms with Crippen molar-refractivity contribution >= 4 is 43.5 Å². The van der Waals surface area contributed by atoms with Gasteiger partial charge in [-0.25, -0.2) is 9.59 Å². The third-order valence-corrected chi connectivity index (χ3v) is 3.85. The predicted octanol–water partition coefficient (Wildman–Crippen LogP) is 3.21. The molecule has 0 aliphatic carbocycles. The van der Waals surface area contributed by atoms with Gasteiger partial charge < -0.3 is 14.6 Å². The summed E-state index contributed by atoms with van der Waals surface area (Å²) in [5, 5.41) is 19.0. The van der Waals surface area contributed by atoms with Gasteiger partial charge in [-0.3, -0.25) is 0 Å². The quantitative estimate of drug-likeness (QED) is 0.637. The highest BCUT2D eigenvalue weighted by molar-refractivity contribution is 6.70. The summed E-state index contributed by atoms with van der Waals surface area (Å²) >= 11 is 11.8. The minimum atomic E-state index is -2.56. The van der Waals surface area contributed by atoms with Crippen molar-refractivity contribution in [3.05, 3.63) is 33.8 Å². The fourth-order valence-electron chi connectivity index (χ4n) is 1.69. The third kappa shape index (κ3) is 3.32. The highest BCUT2D eigenvalue weighted by Gasteiger charge is 2.53. The number of carboxylic acid groups (broad SMARTS) is 2. The molecule has 0 heterocycles. The Balaban J connectivity index is 3.63. The molecule has 5 nitrogen and oxygen atoms in total. The molecule has 20 heavy (non-hydrogen) atoms. The molecule has 0 aliphatic heterocycles. The van der Waals surface area contributed by atoms with Crippen molar-refractivity contribution in [1.29, 1.82) is 0 Å². The molecule has 0 saturated heterocycles. The Morgan fingerprint density at radius 3 is 2.05 bits per heavy atom. The van der Waals surface area contributed by atoms with Crippen LogP contribution in [0.4, 0.5) is 0 Å². The summed E-state index contributed by atoms with van der Waals surface area (Å²) in [6.45, 7) is 5.06. The van der Waals surface area contributed by atoms with Gasteiger partial charge in [-0.2, -0.15) is 0 Å². The van der Waals surface area contributed by atoms with Gasteiger partial charge >= 0.3 is 11.9 Å². The van der Waals surface area contributed by atoms with E-state index < -0.39 is 25.9 Å². The van der Waals surface area contributed by atoms with Crippen LogP contribution in [0.1, 0.15) is 5.56 Å². The molecule has 0 aromatic heterocycles. The van der Waals surface area contributed by atoms with Crippen molar-refractivity contribution in [2.75, 3.05) is 0 Å². The fourth-order valence-corrected chi connectivity index (χ4v) is 3.32. The van der Waals surface area contributed by atoms with E-state index in [1.807, 2.05) is 0 Å². The van der Waals surface area contributed by atoms with Crippen molar-refractivity contribution in [3.8, 4) is 0 Å². The van der Waals surface area contributed by atoms with Gasteiger partial charge in [0.1, 0.15) is 0 Å². The number of carboxylic acids is 2. The Hall–Kier alpha value is -1.08. The van der Waals surface area contributed by atoms with Crippen LogP contribution in [-0.4, -0.2) is 30.5 Å². The molecule has 1 aromatic carbocycles. The smallest absolute Gasteiger partial charge is 0.351 e. The van der Waals surface area contributed by atoms with Crippen LogP contribution in [0.5, 0.6) is 0 Å². The number of carbonyl (C=O) groups is 2. The lowest BCUT2D eigenvalue weighted by Gasteiger charge is -2.33. The molecule has 0 atom stereocenters. The Bertz CT molecular complexity index is 539. The second kappa shape index (κ2) is 5.73. The Morgan fingerprint density at radius 1 is 1.15 bits per heavy atom. The molecule has 0 radical (unpaired) electrons. The van der Waals surface area contributed by atoms with Gasteiger partial charge in [0.15, 0.2) is 8.32 Å². The standard InChI is InChI=1S/C12H14Cl2O5Si/c1-20(2,3)19-12(10(15)16,11(17)18)8-6-7(13)4-5-9(8)14/h4-6H,1-3H3,(H,15,16)(H,17,18). The monoisotopic (exact) mass is 336 g/mol. The third-order valence-electron chi connectivity index (χ3n) is 2.37. The normalized spacial score (nSPS) is 12.2. The average molecular weight is 337 g/mol. The molecule has 0 bridgehead atoms. The number of aliphatic carboxylic acids is 2. The average Bonchev–Trinajstić information content (AvgIpc) is 2.27. The zero-order valence-electron chi connectivity index (χ0n) is 11.1. The van der Waals surface area contributed by atoms with E-state index in [1.165, 1.54) is 18.2 Å². The first-order valence-electron chi connectivity index (χ1n) is 5.63. The number of rotatable bonds is 5. The first-order valence-corrected chi connectivity index (χ1v) is 9.79. The van der Waals surface area contributed by atoms with Gasteiger partial charge in [0, 0.05) is 15.6 Å². The summed E-state index contributed by atoms with van der Waals surface area (Å²) in [6, 6.07) is 3.98. The first kappa shape index (κ1) is 17.0. The largest absolute Gasteiger partial charge is 0.478 e. The van der Waals surface area contributed by atoms with Crippen molar-refractivity contribution in [3.63, 3.8) is 0 Å². The Morgan fingerprint density at radius 2 is 1.65 bits per heavy atom. The topological polar surface area (TPSA) is 83.8 Å². The van der Waals surface area contributed by atoms with Crippen LogP contribution in [0.25, 0.3) is 0 Å². The lowest BCUT2D eigenvalue weighted by Crippen LogP contribution is -2.52. The van der Waals surface area contributed by atoms with Crippen molar-refractivity contribution in [2.45, 2.75) is 25.2 Å². The molecule has 0 saturated carbocycles. The molecule has 0 spiro atoms. The molecule has 0 amide bonds. The van der Waals surface area contributed by atoms with Crippen LogP contribution in [-0.2, 0) is 19.6 Å². The zero-order chi connectivity index (χ0) is 15.7. The van der Waals surface area contributed by atoms with Crippen molar-refractivity contribution < 1.29 is 24.2 Å². The SMILES string of the molecule is C[Si](C)(C)OC(C(=O)O)(C(=O)O)c1cc(Cl)ccc1Cl. The van der Waals surface area contributed by atoms with E-state index in [0.29, 0.717) is 0 Å². The van der Waals surface area contributed by atoms with Gasteiger partial charge in [0.05, 0.1) is 0 Å². The van der Waals surface area contributed by atoms with Crippen LogP contribution in [0.2, 0.25) is 29.7 Å². The molecular weight excluding hydrogens is 323 g/mol. The van der Waals surface area contributed by atoms with E-state index in [-0.39, 0.29) is 15.6 Å². The molecule has 110 valence electrons. The van der Waals surface area contributed by atoms with Crippen LogP contribution < -0.4 is 0 Å². The van der Waals surface area contributed by atoms with E-state index >= 15 is 0 Å². The van der Waals surface area contributed by atoms with E-state index in [4.69, 9.17) is 27.6 Å². The Kier molecular flexibility index (Phi) is 4.86. The molecule has 8 heteroatoms. The van der Waals surface area contributed by atoms with Gasteiger partial charge in [0.2, 0.25) is 0 Å². The molecule has 0 unspecified atom stereocenters. The van der Waals surface area contributed by atoms with Gasteiger partial charge in [0.25, 0.3) is 5.60 Å². The predicted molar refractivity (Wildman–Crippen MR) is 77.8 cm³/mol. The zero-order valence-corrected chi connectivity index (χ0v) is 13.6. The first-order chi connectivity index (χ1) is 9.00. The maximum absolute atomic E-state index is 11.6. The minimum absolute atomic E-state index is 0.0301. The van der Waals surface area contributed by atoms with E-state index in [1.54, 1.807) is 19.6 Å². The summed E-state index contributed by atoms with van der Waals surface area (Å²) in [7, 11) is -2.50. The van der Waals surface area contributed by atoms with Crippen molar-refractivity contribution in [1.82, 2.24) is 0 Å². The second-order valence-electron chi connectivity index (χ2n) is 5.13. The van der Waals surface area contributed by atoms with Crippen LogP contribution in [0.3, 0.4) is 0 Å². The minimum Gasteiger partial charge on any atom is -0.478 e. The molecular formula is C12H14Cl2O5Si. The number of hydrogen-bond acceptors (Lipinski definition) is 3. The molecule has 0 aliphatic rings. The molecule has 0 fully saturated rings. The van der Waals surface area contributed by atoms with Gasteiger partial charge in [-0.1, -0.05) is 23.2 Å². The summed E-state index contributed by atoms with van der Waals surface area (Å²) in [5.41, 5.74) is -2.75. The highest BCUT2D eigenvalue weighted by atomic mass is 35.5. The summed E-state index contributed by atoms with van der Waals surface area (Å²) in [6.07, 6.45) is 0. The maximum Gasteiger partial charge on any atom is 0.351 e. The molecule has 2 N–H and O–H groups in total. The summed E-state index contributed by atoms with van der Waals surface area (Å²) < 4.78 is 5.47. The highest BCUT2D eigenvalue weighted by Crippen LogP contribution is 2.36. The van der Waals surface area contributed by atoms with E-state index in [0.717, 1.165) is 0 Å². The van der Waals surface area contributed by atoms with Gasteiger partial charge in [-0.05, 0) is 37.8 Å². The van der Waals surface area contributed by atoms with Crippen LogP contribution in [0, 0.1) is 0 Å².